The number of hydrogen-bond acceptors (Lipinski definition) is 3. The summed E-state index contributed by atoms with van der Waals surface area (Å²) in [7, 11) is 0. The molecule has 1 heterocycles. The molecule has 0 aromatic heterocycles. The molecule has 1 aromatic rings. The predicted molar refractivity (Wildman–Crippen MR) is 80.4 cm³/mol. The first-order chi connectivity index (χ1) is 9.49. The van der Waals surface area contributed by atoms with Crippen molar-refractivity contribution in [1.29, 1.82) is 0 Å². The number of carbonyl (C=O) groups is 2. The number of halogens is 2. The molecule has 7 heteroatoms. The summed E-state index contributed by atoms with van der Waals surface area (Å²) in [6.07, 6.45) is 0.716. The van der Waals surface area contributed by atoms with Crippen LogP contribution in [0.3, 0.4) is 0 Å². The Morgan fingerprint density at radius 3 is 2.80 bits per heavy atom. The average molecular weight is 334 g/mol. The van der Waals surface area contributed by atoms with Crippen molar-refractivity contribution in [2.75, 3.05) is 11.6 Å². The molecule has 108 valence electrons. The lowest BCUT2D eigenvalue weighted by Crippen LogP contribution is -2.41. The Bertz CT molecular complexity index is 538. The highest BCUT2D eigenvalue weighted by atomic mass is 35.5. The maximum atomic E-state index is 12.1. The number of carboxylic acid groups (broad SMARTS) is 1. The van der Waals surface area contributed by atoms with Crippen LogP contribution in [0.1, 0.15) is 12.0 Å². The smallest absolute Gasteiger partial charge is 0.327 e. The van der Waals surface area contributed by atoms with E-state index in [1.54, 1.807) is 18.2 Å². The van der Waals surface area contributed by atoms with Gasteiger partial charge in [-0.05, 0) is 24.1 Å². The van der Waals surface area contributed by atoms with Crippen LogP contribution in [0.25, 0.3) is 0 Å². The van der Waals surface area contributed by atoms with E-state index in [0.29, 0.717) is 28.1 Å². The fourth-order valence-corrected chi connectivity index (χ4v) is 3.68. The molecule has 0 spiro atoms. The van der Waals surface area contributed by atoms with Gasteiger partial charge in [0.1, 0.15) is 6.04 Å². The average Bonchev–Trinajstić information content (AvgIpc) is 2.86. The van der Waals surface area contributed by atoms with Crippen molar-refractivity contribution in [3.63, 3.8) is 0 Å². The molecular formula is C13H13Cl2NO3S. The van der Waals surface area contributed by atoms with Gasteiger partial charge in [0, 0.05) is 22.2 Å². The summed E-state index contributed by atoms with van der Waals surface area (Å²) in [6, 6.07) is 4.42. The van der Waals surface area contributed by atoms with E-state index in [9.17, 15) is 9.59 Å². The topological polar surface area (TPSA) is 57.6 Å². The first kappa shape index (κ1) is 15.5. The maximum Gasteiger partial charge on any atom is 0.327 e. The Labute approximate surface area is 131 Å². The van der Waals surface area contributed by atoms with E-state index >= 15 is 0 Å². The van der Waals surface area contributed by atoms with Crippen LogP contribution in [0, 0.1) is 0 Å². The fraction of sp³-hybridized carbons (Fsp3) is 0.385. The van der Waals surface area contributed by atoms with Crippen molar-refractivity contribution in [1.82, 2.24) is 4.90 Å². The lowest BCUT2D eigenvalue weighted by Gasteiger charge is -2.20. The van der Waals surface area contributed by atoms with Crippen LogP contribution in [-0.2, 0) is 16.0 Å². The predicted octanol–water partition coefficient (Wildman–Crippen LogP) is 2.91. The highest BCUT2D eigenvalue weighted by molar-refractivity contribution is 7.99. The lowest BCUT2D eigenvalue weighted by molar-refractivity contribution is -0.147. The molecule has 0 saturated carbocycles. The monoisotopic (exact) mass is 333 g/mol. The van der Waals surface area contributed by atoms with Crippen LogP contribution >= 0.6 is 35.0 Å². The molecule has 1 aliphatic rings. The summed E-state index contributed by atoms with van der Waals surface area (Å²) >= 11 is 13.3. The summed E-state index contributed by atoms with van der Waals surface area (Å²) < 4.78 is 0. The summed E-state index contributed by atoms with van der Waals surface area (Å²) in [6.45, 7) is 0. The molecule has 0 bridgehead atoms. The molecule has 2 rings (SSSR count). The van der Waals surface area contributed by atoms with E-state index in [1.807, 2.05) is 0 Å². The Hall–Kier alpha value is -0.910. The van der Waals surface area contributed by atoms with Crippen molar-refractivity contribution < 1.29 is 14.7 Å². The van der Waals surface area contributed by atoms with Crippen LogP contribution < -0.4 is 0 Å². The minimum absolute atomic E-state index is 0.159. The zero-order valence-electron chi connectivity index (χ0n) is 10.5. The van der Waals surface area contributed by atoms with Gasteiger partial charge in [0.2, 0.25) is 5.91 Å². The molecule has 1 saturated heterocycles. The summed E-state index contributed by atoms with van der Waals surface area (Å²) in [5.41, 5.74) is 0.836. The Kier molecular flexibility index (Phi) is 5.18. The van der Waals surface area contributed by atoms with Gasteiger partial charge in [-0.3, -0.25) is 4.79 Å². The molecule has 1 atom stereocenters. The van der Waals surface area contributed by atoms with Gasteiger partial charge < -0.3 is 10.0 Å². The third kappa shape index (κ3) is 3.59. The molecule has 1 unspecified atom stereocenters. The van der Waals surface area contributed by atoms with Crippen LogP contribution in [0.2, 0.25) is 10.0 Å². The number of carbonyl (C=O) groups excluding carboxylic acids is 1. The van der Waals surface area contributed by atoms with Gasteiger partial charge in [-0.25, -0.2) is 4.79 Å². The fourth-order valence-electron chi connectivity index (χ4n) is 2.00. The lowest BCUT2D eigenvalue weighted by atomic mass is 10.1. The standard InChI is InChI=1S/C13H13Cl2NO3S/c14-9-3-1-8(10(15)5-9)2-4-12(17)16-7-20-6-11(16)13(18)19/h1,3,5,11H,2,4,6-7H2,(H,18,19). The Balaban J connectivity index is 1.96. The van der Waals surface area contributed by atoms with Gasteiger partial charge >= 0.3 is 5.97 Å². The summed E-state index contributed by atoms with van der Waals surface area (Å²) in [5, 5.41) is 10.1. The van der Waals surface area contributed by atoms with E-state index in [4.69, 9.17) is 28.3 Å². The summed E-state index contributed by atoms with van der Waals surface area (Å²) in [4.78, 5) is 24.5. The number of hydrogen-bond donors (Lipinski definition) is 1. The Morgan fingerprint density at radius 1 is 1.40 bits per heavy atom. The molecule has 20 heavy (non-hydrogen) atoms. The van der Waals surface area contributed by atoms with Gasteiger partial charge in [0.15, 0.2) is 0 Å². The first-order valence-corrected chi connectivity index (χ1v) is 7.94. The molecule has 1 aromatic carbocycles. The van der Waals surface area contributed by atoms with Crippen LogP contribution in [0.15, 0.2) is 18.2 Å². The van der Waals surface area contributed by atoms with Gasteiger partial charge in [-0.15, -0.1) is 11.8 Å². The van der Waals surface area contributed by atoms with Crippen molar-refractivity contribution in [3.05, 3.63) is 33.8 Å². The van der Waals surface area contributed by atoms with Crippen LogP contribution in [0.4, 0.5) is 0 Å². The van der Waals surface area contributed by atoms with E-state index < -0.39 is 12.0 Å². The van der Waals surface area contributed by atoms with E-state index in [-0.39, 0.29) is 12.3 Å². The largest absolute Gasteiger partial charge is 0.480 e. The molecule has 1 fully saturated rings. The normalized spacial score (nSPS) is 18.3. The van der Waals surface area contributed by atoms with Crippen molar-refractivity contribution in [3.8, 4) is 0 Å². The molecule has 1 aliphatic heterocycles. The molecular weight excluding hydrogens is 321 g/mol. The SMILES string of the molecule is O=C(O)C1CSCN1C(=O)CCc1ccc(Cl)cc1Cl. The van der Waals surface area contributed by atoms with Gasteiger partial charge in [0.05, 0.1) is 5.88 Å². The maximum absolute atomic E-state index is 12.1. The number of aryl methyl sites for hydroxylation is 1. The number of thioether (sulfide) groups is 1. The molecule has 1 amide bonds. The minimum Gasteiger partial charge on any atom is -0.480 e. The van der Waals surface area contributed by atoms with Gasteiger partial charge in [-0.1, -0.05) is 29.3 Å². The van der Waals surface area contributed by atoms with Crippen molar-refractivity contribution in [2.45, 2.75) is 18.9 Å². The summed E-state index contributed by atoms with van der Waals surface area (Å²) in [5.74, 6) is -0.228. The van der Waals surface area contributed by atoms with Crippen LogP contribution in [0.5, 0.6) is 0 Å². The number of rotatable bonds is 4. The van der Waals surface area contributed by atoms with Gasteiger partial charge in [-0.2, -0.15) is 0 Å². The Morgan fingerprint density at radius 2 is 2.15 bits per heavy atom. The van der Waals surface area contributed by atoms with Crippen molar-refractivity contribution >= 4 is 46.8 Å². The second kappa shape index (κ2) is 6.70. The van der Waals surface area contributed by atoms with E-state index in [2.05, 4.69) is 0 Å². The molecule has 0 aliphatic carbocycles. The number of benzene rings is 1. The zero-order chi connectivity index (χ0) is 14.7. The second-order valence-electron chi connectivity index (χ2n) is 4.45. The molecule has 4 nitrogen and oxygen atoms in total. The number of amides is 1. The minimum atomic E-state index is -0.951. The highest BCUT2D eigenvalue weighted by Gasteiger charge is 2.34. The number of nitrogens with zero attached hydrogens (tertiary/aromatic N) is 1. The zero-order valence-corrected chi connectivity index (χ0v) is 12.8. The molecule has 1 N–H and O–H groups in total. The number of aliphatic carboxylic acids is 1. The first-order valence-electron chi connectivity index (χ1n) is 6.03. The van der Waals surface area contributed by atoms with Crippen molar-refractivity contribution in [2.24, 2.45) is 0 Å². The quantitative estimate of drug-likeness (QED) is 0.920. The third-order valence-corrected chi connectivity index (χ3v) is 4.71. The highest BCUT2D eigenvalue weighted by Crippen LogP contribution is 2.25. The molecule has 0 radical (unpaired) electrons. The van der Waals surface area contributed by atoms with E-state index in [1.165, 1.54) is 16.7 Å². The number of carboxylic acids is 1. The second-order valence-corrected chi connectivity index (χ2v) is 6.30. The third-order valence-electron chi connectivity index (χ3n) is 3.11. The van der Waals surface area contributed by atoms with E-state index in [0.717, 1.165) is 5.56 Å². The van der Waals surface area contributed by atoms with Gasteiger partial charge in [0.25, 0.3) is 0 Å². The van der Waals surface area contributed by atoms with Crippen LogP contribution in [-0.4, -0.2) is 39.6 Å².